The van der Waals surface area contributed by atoms with Gasteiger partial charge in [-0.1, -0.05) is 41.9 Å². The number of halogens is 1. The van der Waals surface area contributed by atoms with Crippen molar-refractivity contribution < 1.29 is 4.79 Å². The van der Waals surface area contributed by atoms with Gasteiger partial charge in [0, 0.05) is 36.9 Å². The molecule has 0 spiro atoms. The molecule has 3 unspecified atom stereocenters. The number of anilines is 1. The number of hydrogen-bond donors (Lipinski definition) is 3. The number of benzene rings is 2. The van der Waals surface area contributed by atoms with Crippen molar-refractivity contribution in [1.29, 1.82) is 0 Å². The Bertz CT molecular complexity index is 722. The van der Waals surface area contributed by atoms with Crippen molar-refractivity contribution in [2.75, 3.05) is 25.0 Å². The van der Waals surface area contributed by atoms with Crippen molar-refractivity contribution >= 4 is 23.2 Å². The lowest BCUT2D eigenvalue weighted by Crippen LogP contribution is -2.43. The number of carbonyl (C=O) groups excluding carboxylic acids is 1. The quantitative estimate of drug-likeness (QED) is 0.729. The summed E-state index contributed by atoms with van der Waals surface area (Å²) in [7, 11) is 2.04. The van der Waals surface area contributed by atoms with Gasteiger partial charge in [-0.3, -0.25) is 10.2 Å². The van der Waals surface area contributed by atoms with Crippen LogP contribution in [0.25, 0.3) is 0 Å². The fourth-order valence-electron chi connectivity index (χ4n) is 3.16. The van der Waals surface area contributed by atoms with E-state index < -0.39 is 0 Å². The first-order valence-corrected chi connectivity index (χ1v) is 9.23. The summed E-state index contributed by atoms with van der Waals surface area (Å²) in [5.74, 6) is -0.110. The molecule has 2 aromatic carbocycles. The summed E-state index contributed by atoms with van der Waals surface area (Å²) in [6, 6.07) is 17.9. The van der Waals surface area contributed by atoms with Gasteiger partial charge in [0.25, 0.3) is 0 Å². The van der Waals surface area contributed by atoms with Gasteiger partial charge in [-0.25, -0.2) is 5.43 Å². The number of carbonyl (C=O) groups is 1. The standard InChI is InChI=1S/C20H25ClN4O/c1-14(25(2)17-6-4-3-5-7-17)12-22-20(26)18-13-23-24-19(18)15-8-10-16(21)11-9-15/h3-11,14,18-19,23-24H,12-13H2,1-2H3,(H,22,26). The van der Waals surface area contributed by atoms with Crippen LogP contribution in [0.3, 0.4) is 0 Å². The van der Waals surface area contributed by atoms with E-state index in [1.165, 1.54) is 0 Å². The van der Waals surface area contributed by atoms with Crippen molar-refractivity contribution in [3.8, 4) is 0 Å². The molecular formula is C20H25ClN4O. The van der Waals surface area contributed by atoms with Gasteiger partial charge in [-0.05, 0) is 36.8 Å². The zero-order valence-electron chi connectivity index (χ0n) is 15.1. The number of hydrazine groups is 1. The van der Waals surface area contributed by atoms with Gasteiger partial charge in [-0.15, -0.1) is 0 Å². The minimum absolute atomic E-state index is 0.0516. The lowest BCUT2D eigenvalue weighted by atomic mass is 9.94. The predicted molar refractivity (Wildman–Crippen MR) is 106 cm³/mol. The molecule has 1 saturated heterocycles. The zero-order valence-corrected chi connectivity index (χ0v) is 15.8. The summed E-state index contributed by atoms with van der Waals surface area (Å²) in [6.07, 6.45) is 0. The van der Waals surface area contributed by atoms with Gasteiger partial charge in [0.2, 0.25) is 5.91 Å². The Hall–Kier alpha value is -2.08. The van der Waals surface area contributed by atoms with Crippen LogP contribution in [0.4, 0.5) is 5.69 Å². The highest BCUT2D eigenvalue weighted by molar-refractivity contribution is 6.30. The largest absolute Gasteiger partial charge is 0.370 e. The molecule has 1 fully saturated rings. The molecule has 1 aliphatic heterocycles. The molecule has 0 bridgehead atoms. The number of hydrogen-bond acceptors (Lipinski definition) is 4. The number of nitrogens with zero attached hydrogens (tertiary/aromatic N) is 1. The van der Waals surface area contributed by atoms with Crippen molar-refractivity contribution in [2.45, 2.75) is 19.0 Å². The van der Waals surface area contributed by atoms with Crippen LogP contribution in [0.1, 0.15) is 18.5 Å². The van der Waals surface area contributed by atoms with Crippen LogP contribution in [0.15, 0.2) is 54.6 Å². The minimum Gasteiger partial charge on any atom is -0.370 e. The van der Waals surface area contributed by atoms with E-state index in [4.69, 9.17) is 11.6 Å². The molecule has 3 atom stereocenters. The van der Waals surface area contributed by atoms with E-state index in [0.29, 0.717) is 18.1 Å². The van der Waals surface area contributed by atoms with Crippen LogP contribution in [0, 0.1) is 5.92 Å². The summed E-state index contributed by atoms with van der Waals surface area (Å²) < 4.78 is 0. The molecular weight excluding hydrogens is 348 g/mol. The predicted octanol–water partition coefficient (Wildman–Crippen LogP) is 2.75. The van der Waals surface area contributed by atoms with E-state index in [1.54, 1.807) is 0 Å². The minimum atomic E-state index is -0.162. The summed E-state index contributed by atoms with van der Waals surface area (Å²) in [6.45, 7) is 3.30. The average molecular weight is 373 g/mol. The van der Waals surface area contributed by atoms with Crippen molar-refractivity contribution in [3.05, 3.63) is 65.2 Å². The Morgan fingerprint density at radius 2 is 1.92 bits per heavy atom. The molecule has 5 nitrogen and oxygen atoms in total. The Kier molecular flexibility index (Phi) is 6.14. The second kappa shape index (κ2) is 8.54. The van der Waals surface area contributed by atoms with Crippen molar-refractivity contribution in [1.82, 2.24) is 16.2 Å². The summed E-state index contributed by atoms with van der Waals surface area (Å²) in [5, 5.41) is 3.79. The smallest absolute Gasteiger partial charge is 0.226 e. The summed E-state index contributed by atoms with van der Waals surface area (Å²) in [5.41, 5.74) is 8.48. The third kappa shape index (κ3) is 4.36. The van der Waals surface area contributed by atoms with E-state index in [9.17, 15) is 4.79 Å². The first-order valence-electron chi connectivity index (χ1n) is 8.85. The van der Waals surface area contributed by atoms with E-state index in [1.807, 2.05) is 49.5 Å². The maximum atomic E-state index is 12.7. The fraction of sp³-hybridized carbons (Fsp3) is 0.350. The first-order chi connectivity index (χ1) is 12.6. The van der Waals surface area contributed by atoms with Crippen LogP contribution in [0.5, 0.6) is 0 Å². The van der Waals surface area contributed by atoms with Crippen LogP contribution >= 0.6 is 11.6 Å². The maximum Gasteiger partial charge on any atom is 0.226 e. The van der Waals surface area contributed by atoms with Gasteiger partial charge in [-0.2, -0.15) is 0 Å². The molecule has 2 aromatic rings. The highest BCUT2D eigenvalue weighted by Crippen LogP contribution is 2.26. The number of para-hydroxylation sites is 1. The second-order valence-electron chi connectivity index (χ2n) is 6.70. The Morgan fingerprint density at radius 3 is 2.62 bits per heavy atom. The fourth-order valence-corrected chi connectivity index (χ4v) is 3.29. The lowest BCUT2D eigenvalue weighted by molar-refractivity contribution is -0.125. The van der Waals surface area contributed by atoms with E-state index >= 15 is 0 Å². The van der Waals surface area contributed by atoms with Crippen molar-refractivity contribution in [2.24, 2.45) is 5.92 Å². The number of rotatable bonds is 6. The molecule has 3 rings (SSSR count). The SMILES string of the molecule is CC(CNC(=O)C1CNNC1c1ccc(Cl)cc1)N(C)c1ccccc1. The maximum absolute atomic E-state index is 12.7. The van der Waals surface area contributed by atoms with Gasteiger partial charge in [0.05, 0.1) is 12.0 Å². The third-order valence-electron chi connectivity index (χ3n) is 4.94. The first kappa shape index (κ1) is 18.7. The number of likely N-dealkylation sites (N-methyl/N-ethyl adjacent to an activating group) is 1. The van der Waals surface area contributed by atoms with Crippen LogP contribution in [-0.2, 0) is 4.79 Å². The molecule has 6 heteroatoms. The van der Waals surface area contributed by atoms with E-state index in [0.717, 1.165) is 11.3 Å². The zero-order chi connectivity index (χ0) is 18.5. The highest BCUT2D eigenvalue weighted by Gasteiger charge is 2.34. The molecule has 138 valence electrons. The number of amides is 1. The molecule has 1 amide bonds. The highest BCUT2D eigenvalue weighted by atomic mass is 35.5. The van der Waals surface area contributed by atoms with E-state index in [2.05, 4.69) is 40.1 Å². The van der Waals surface area contributed by atoms with Crippen LogP contribution in [0.2, 0.25) is 5.02 Å². The third-order valence-corrected chi connectivity index (χ3v) is 5.20. The van der Waals surface area contributed by atoms with Gasteiger partial charge in [0.1, 0.15) is 0 Å². The molecule has 0 aliphatic carbocycles. The van der Waals surface area contributed by atoms with Gasteiger partial charge < -0.3 is 10.2 Å². The van der Waals surface area contributed by atoms with Crippen LogP contribution < -0.4 is 21.1 Å². The van der Waals surface area contributed by atoms with E-state index in [-0.39, 0.29) is 23.9 Å². The molecule has 0 saturated carbocycles. The van der Waals surface area contributed by atoms with Gasteiger partial charge in [0.15, 0.2) is 0 Å². The topological polar surface area (TPSA) is 56.4 Å². The molecule has 3 N–H and O–H groups in total. The normalized spacial score (nSPS) is 20.6. The molecule has 1 aliphatic rings. The van der Waals surface area contributed by atoms with Gasteiger partial charge >= 0.3 is 0 Å². The van der Waals surface area contributed by atoms with Crippen molar-refractivity contribution in [3.63, 3.8) is 0 Å². The second-order valence-corrected chi connectivity index (χ2v) is 7.14. The number of nitrogens with one attached hydrogen (secondary N) is 3. The Balaban J connectivity index is 1.58. The Labute approximate surface area is 159 Å². The molecule has 26 heavy (non-hydrogen) atoms. The summed E-state index contributed by atoms with van der Waals surface area (Å²) in [4.78, 5) is 14.9. The molecule has 1 heterocycles. The Morgan fingerprint density at radius 1 is 1.23 bits per heavy atom. The average Bonchev–Trinajstić information content (AvgIpc) is 3.16. The molecule has 0 radical (unpaired) electrons. The lowest BCUT2D eigenvalue weighted by Gasteiger charge is -2.28. The molecule has 0 aromatic heterocycles. The summed E-state index contributed by atoms with van der Waals surface area (Å²) >= 11 is 5.96. The monoisotopic (exact) mass is 372 g/mol. The van der Waals surface area contributed by atoms with Crippen LogP contribution in [-0.4, -0.2) is 32.1 Å².